The van der Waals surface area contributed by atoms with Gasteiger partial charge in [0.05, 0.1) is 24.5 Å². The molecule has 0 bridgehead atoms. The number of benzene rings is 2. The van der Waals surface area contributed by atoms with Gasteiger partial charge < -0.3 is 9.84 Å². The van der Waals surface area contributed by atoms with Crippen LogP contribution in [0.1, 0.15) is 11.1 Å². The normalized spacial score (nSPS) is 19.6. The van der Waals surface area contributed by atoms with Crippen LogP contribution >= 0.6 is 23.2 Å². The van der Waals surface area contributed by atoms with Crippen molar-refractivity contribution < 1.29 is 9.84 Å². The third-order valence-electron chi connectivity index (χ3n) is 4.06. The summed E-state index contributed by atoms with van der Waals surface area (Å²) in [6.07, 6.45) is -0.954. The molecule has 0 aromatic heterocycles. The Morgan fingerprint density at radius 2 is 1.96 bits per heavy atom. The van der Waals surface area contributed by atoms with E-state index in [1.807, 2.05) is 35.2 Å². The van der Waals surface area contributed by atoms with Crippen molar-refractivity contribution in [2.75, 3.05) is 24.6 Å². The number of anilines is 1. The third-order valence-corrected chi connectivity index (χ3v) is 4.62. The van der Waals surface area contributed by atoms with Gasteiger partial charge in [0.25, 0.3) is 6.02 Å². The van der Waals surface area contributed by atoms with Crippen LogP contribution in [0.5, 0.6) is 0 Å². The van der Waals surface area contributed by atoms with Gasteiger partial charge >= 0.3 is 0 Å². The zero-order chi connectivity index (χ0) is 17.4. The minimum Gasteiger partial charge on any atom is -0.463 e. The summed E-state index contributed by atoms with van der Waals surface area (Å²) in [5.41, 5.74) is 2.93. The number of amidine groups is 1. The first-order valence-corrected chi connectivity index (χ1v) is 8.64. The predicted molar refractivity (Wildman–Crippen MR) is 100 cm³/mol. The van der Waals surface area contributed by atoms with Gasteiger partial charge in [0.2, 0.25) is 0 Å². The number of aliphatic hydroxyl groups excluding tert-OH is 1. The van der Waals surface area contributed by atoms with E-state index in [0.717, 1.165) is 16.8 Å². The number of nitrogens with zero attached hydrogens (tertiary/aromatic N) is 3. The first-order chi connectivity index (χ1) is 12.1. The Kier molecular flexibility index (Phi) is 4.37. The van der Waals surface area contributed by atoms with Crippen LogP contribution in [0.3, 0.4) is 0 Å². The average molecular weight is 376 g/mol. The van der Waals surface area contributed by atoms with Crippen molar-refractivity contribution >= 4 is 40.6 Å². The molecule has 4 rings (SSSR count). The lowest BCUT2D eigenvalue weighted by molar-refractivity contribution is 0.192. The fourth-order valence-corrected chi connectivity index (χ4v) is 3.39. The van der Waals surface area contributed by atoms with Crippen molar-refractivity contribution in [2.24, 2.45) is 9.98 Å². The highest BCUT2D eigenvalue weighted by atomic mass is 35.5. The van der Waals surface area contributed by atoms with Gasteiger partial charge in [-0.05, 0) is 24.3 Å². The average Bonchev–Trinajstić information content (AvgIpc) is 3.08. The summed E-state index contributed by atoms with van der Waals surface area (Å²) in [7, 11) is 0. The molecule has 0 saturated carbocycles. The number of benzodiazepines with no additional fused rings is 1. The first kappa shape index (κ1) is 16.4. The molecule has 2 heterocycles. The Morgan fingerprint density at radius 3 is 2.72 bits per heavy atom. The van der Waals surface area contributed by atoms with E-state index in [1.165, 1.54) is 0 Å². The number of fused-ring (bicyclic) bond motifs is 1. The van der Waals surface area contributed by atoms with Crippen molar-refractivity contribution in [3.8, 4) is 0 Å². The molecule has 2 aromatic carbocycles. The molecule has 2 aliphatic rings. The number of aliphatic imine (C=N–C) groups is 2. The second-order valence-corrected chi connectivity index (χ2v) is 6.57. The van der Waals surface area contributed by atoms with Crippen LogP contribution in [0.2, 0.25) is 10.0 Å². The summed E-state index contributed by atoms with van der Waals surface area (Å²) < 4.78 is 5.60. The molecule has 2 aromatic rings. The lowest BCUT2D eigenvalue weighted by atomic mass is 10.00. The maximum Gasteiger partial charge on any atom is 0.292 e. The lowest BCUT2D eigenvalue weighted by Crippen LogP contribution is -2.36. The van der Waals surface area contributed by atoms with E-state index in [2.05, 4.69) is 9.98 Å². The van der Waals surface area contributed by atoms with Gasteiger partial charge in [-0.15, -0.1) is 0 Å². The largest absolute Gasteiger partial charge is 0.463 e. The highest BCUT2D eigenvalue weighted by Crippen LogP contribution is 2.32. The van der Waals surface area contributed by atoms with Crippen LogP contribution in [0, 0.1) is 0 Å². The molecule has 5 nitrogen and oxygen atoms in total. The molecule has 0 radical (unpaired) electrons. The maximum absolute atomic E-state index is 10.5. The predicted octanol–water partition coefficient (Wildman–Crippen LogP) is 3.36. The third kappa shape index (κ3) is 3.11. The van der Waals surface area contributed by atoms with Gasteiger partial charge in [-0.1, -0.05) is 41.4 Å². The molecule has 7 heteroatoms. The molecule has 1 N–H and O–H groups in total. The van der Waals surface area contributed by atoms with E-state index >= 15 is 0 Å². The zero-order valence-corrected chi connectivity index (χ0v) is 14.7. The van der Waals surface area contributed by atoms with Gasteiger partial charge in [0, 0.05) is 21.2 Å². The fourth-order valence-electron chi connectivity index (χ4n) is 2.99. The zero-order valence-electron chi connectivity index (χ0n) is 13.2. The summed E-state index contributed by atoms with van der Waals surface area (Å²) in [6.45, 7) is 1.37. The Balaban J connectivity index is 1.91. The molecule has 1 atom stereocenters. The summed E-state index contributed by atoms with van der Waals surface area (Å²) in [5.74, 6) is 0. The summed E-state index contributed by atoms with van der Waals surface area (Å²) in [4.78, 5) is 10.7. The SMILES string of the molecule is OC1CN(C2=NCCO2)c2ccc(Cl)cc2C(c2ccccc2Cl)=N1. The van der Waals surface area contributed by atoms with Crippen LogP contribution in [0.25, 0.3) is 0 Å². The van der Waals surface area contributed by atoms with Gasteiger partial charge in [-0.3, -0.25) is 9.89 Å². The molecule has 0 spiro atoms. The van der Waals surface area contributed by atoms with Crippen molar-refractivity contribution in [3.63, 3.8) is 0 Å². The van der Waals surface area contributed by atoms with Crippen LogP contribution in [0.4, 0.5) is 5.69 Å². The van der Waals surface area contributed by atoms with E-state index in [9.17, 15) is 5.11 Å². The highest BCUT2D eigenvalue weighted by Gasteiger charge is 2.29. The molecule has 2 aliphatic heterocycles. The quantitative estimate of drug-likeness (QED) is 0.831. The lowest BCUT2D eigenvalue weighted by Gasteiger charge is -2.24. The highest BCUT2D eigenvalue weighted by molar-refractivity contribution is 6.36. The second kappa shape index (κ2) is 6.67. The van der Waals surface area contributed by atoms with E-state index in [-0.39, 0.29) is 6.54 Å². The second-order valence-electron chi connectivity index (χ2n) is 5.72. The van der Waals surface area contributed by atoms with Gasteiger partial charge in [0.15, 0.2) is 6.23 Å². The van der Waals surface area contributed by atoms with Crippen molar-refractivity contribution in [1.29, 1.82) is 0 Å². The summed E-state index contributed by atoms with van der Waals surface area (Å²) in [6, 6.07) is 13.4. The number of rotatable bonds is 1. The smallest absolute Gasteiger partial charge is 0.292 e. The number of aliphatic hydroxyl groups is 1. The van der Waals surface area contributed by atoms with E-state index in [0.29, 0.717) is 34.9 Å². The van der Waals surface area contributed by atoms with E-state index in [4.69, 9.17) is 27.9 Å². The van der Waals surface area contributed by atoms with Crippen molar-refractivity contribution in [2.45, 2.75) is 6.23 Å². The van der Waals surface area contributed by atoms with Crippen LogP contribution in [0.15, 0.2) is 52.4 Å². The van der Waals surface area contributed by atoms with Gasteiger partial charge in [-0.2, -0.15) is 0 Å². The molecule has 25 heavy (non-hydrogen) atoms. The summed E-state index contributed by atoms with van der Waals surface area (Å²) >= 11 is 12.6. The summed E-state index contributed by atoms with van der Waals surface area (Å²) in [5, 5.41) is 11.6. The molecule has 0 amide bonds. The monoisotopic (exact) mass is 375 g/mol. The van der Waals surface area contributed by atoms with Crippen molar-refractivity contribution in [3.05, 3.63) is 63.6 Å². The molecule has 0 fully saturated rings. The number of hydrogen-bond acceptors (Lipinski definition) is 5. The Labute approximate surface area is 155 Å². The molecule has 0 saturated heterocycles. The Bertz CT molecular complexity index is 882. The van der Waals surface area contributed by atoms with Crippen LogP contribution in [-0.2, 0) is 4.74 Å². The molecular formula is C18H15Cl2N3O2. The topological polar surface area (TPSA) is 57.4 Å². The number of hydrogen-bond donors (Lipinski definition) is 1. The number of ether oxygens (including phenoxy) is 1. The first-order valence-electron chi connectivity index (χ1n) is 7.89. The maximum atomic E-state index is 10.5. The molecule has 1 unspecified atom stereocenters. The Morgan fingerprint density at radius 1 is 1.12 bits per heavy atom. The van der Waals surface area contributed by atoms with Crippen LogP contribution in [-0.4, -0.2) is 42.8 Å². The van der Waals surface area contributed by atoms with Crippen LogP contribution < -0.4 is 4.90 Å². The standard InChI is InChI=1S/C18H15Cl2N3O2/c19-11-5-6-15-13(9-11)17(12-3-1-2-4-14(12)20)22-16(24)10-23(15)18-21-7-8-25-18/h1-6,9,16,24H,7-8,10H2. The molecule has 128 valence electrons. The molecule has 0 aliphatic carbocycles. The van der Waals surface area contributed by atoms with Gasteiger partial charge in [0.1, 0.15) is 6.61 Å². The fraction of sp³-hybridized carbons (Fsp3) is 0.222. The minimum atomic E-state index is -0.954. The van der Waals surface area contributed by atoms with E-state index in [1.54, 1.807) is 12.1 Å². The number of β-amino-alcohol motifs (C(OH)–C–C–N with tert-alkyl or cyclic N) is 1. The molecular weight excluding hydrogens is 361 g/mol. The van der Waals surface area contributed by atoms with Crippen molar-refractivity contribution in [1.82, 2.24) is 0 Å². The Hall–Kier alpha value is -2.08. The van der Waals surface area contributed by atoms with Gasteiger partial charge in [-0.25, -0.2) is 4.99 Å². The number of halogens is 2. The minimum absolute atomic E-state index is 0.238. The van der Waals surface area contributed by atoms with E-state index < -0.39 is 6.23 Å².